The summed E-state index contributed by atoms with van der Waals surface area (Å²) in [4.78, 5) is 14.4. The van der Waals surface area contributed by atoms with Crippen molar-refractivity contribution in [2.75, 3.05) is 19.6 Å². The molecule has 6 heteroatoms. The van der Waals surface area contributed by atoms with Crippen molar-refractivity contribution in [3.63, 3.8) is 0 Å². The zero-order valence-corrected chi connectivity index (χ0v) is 21.6. The molecule has 0 spiro atoms. The minimum absolute atomic E-state index is 0.0359. The number of hydrogen-bond donors (Lipinski definition) is 0. The zero-order chi connectivity index (χ0) is 24.6. The molecule has 0 aliphatic carbocycles. The van der Waals surface area contributed by atoms with Crippen LogP contribution < -0.4 is 10.2 Å². The lowest BCUT2D eigenvalue weighted by molar-refractivity contribution is -0.123. The van der Waals surface area contributed by atoms with Gasteiger partial charge in [0.1, 0.15) is 5.75 Å². The minimum Gasteiger partial charge on any atom is -0.478 e. The Hall–Kier alpha value is -2.15. The van der Waals surface area contributed by atoms with Crippen molar-refractivity contribution in [2.24, 2.45) is 0 Å². The molecule has 5 nitrogen and oxygen atoms in total. The fraction of sp³-hybridized carbons (Fsp3) is 0.519. The third-order valence-corrected chi connectivity index (χ3v) is 6.47. The Morgan fingerprint density at radius 3 is 1.76 bits per heavy atom. The van der Waals surface area contributed by atoms with Crippen LogP contribution in [0.5, 0.6) is 5.75 Å². The molecule has 0 radical (unpaired) electrons. The normalized spacial score (nSPS) is 17.3. The Morgan fingerprint density at radius 1 is 0.879 bits per heavy atom. The van der Waals surface area contributed by atoms with E-state index in [2.05, 4.69) is 25.7 Å². The van der Waals surface area contributed by atoms with Crippen LogP contribution in [-0.4, -0.2) is 48.6 Å². The largest absolute Gasteiger partial charge is 0.494 e. The number of Topliss-reactive ketones (excluding diaryl/α,β-unsaturated/α-hetero) is 1. The molecule has 2 aromatic rings. The average Bonchev–Trinajstić information content (AvgIpc) is 3.01. The van der Waals surface area contributed by atoms with Crippen molar-refractivity contribution in [1.82, 2.24) is 4.90 Å². The fourth-order valence-electron chi connectivity index (χ4n) is 3.50. The van der Waals surface area contributed by atoms with E-state index in [-0.39, 0.29) is 17.0 Å². The first kappa shape index (κ1) is 27.1. The van der Waals surface area contributed by atoms with Crippen LogP contribution in [0, 0.1) is 0 Å². The number of nitrogens with zero attached hydrogens (tertiary/aromatic N) is 1. The highest BCUT2D eigenvalue weighted by Gasteiger charge is 2.51. The summed E-state index contributed by atoms with van der Waals surface area (Å²) in [5.41, 5.74) is 1.02. The van der Waals surface area contributed by atoms with Crippen molar-refractivity contribution in [2.45, 2.75) is 72.7 Å². The van der Waals surface area contributed by atoms with E-state index in [1.165, 1.54) is 26.6 Å². The maximum absolute atomic E-state index is 12.0. The molecule has 1 saturated heterocycles. The molecule has 1 aliphatic heterocycles. The number of ketones is 1. The molecule has 2 aromatic carbocycles. The quantitative estimate of drug-likeness (QED) is 0.524. The Labute approximate surface area is 200 Å². The number of carbonyl (C=O) groups excluding carboxylic acids is 1. The lowest BCUT2D eigenvalue weighted by Crippen LogP contribution is -2.41. The predicted molar refractivity (Wildman–Crippen MR) is 136 cm³/mol. The van der Waals surface area contributed by atoms with Crippen LogP contribution >= 0.6 is 0 Å². The maximum atomic E-state index is 12.0. The lowest BCUT2D eigenvalue weighted by atomic mass is 9.79. The van der Waals surface area contributed by atoms with Gasteiger partial charge in [-0.25, -0.2) is 0 Å². The van der Waals surface area contributed by atoms with Gasteiger partial charge >= 0.3 is 7.12 Å². The van der Waals surface area contributed by atoms with Gasteiger partial charge in [0.15, 0.2) is 11.9 Å². The van der Waals surface area contributed by atoms with Crippen LogP contribution in [0.25, 0.3) is 0 Å². The van der Waals surface area contributed by atoms with Gasteiger partial charge in [-0.1, -0.05) is 63.2 Å². The first-order valence-corrected chi connectivity index (χ1v) is 11.9. The summed E-state index contributed by atoms with van der Waals surface area (Å²) in [6, 6.07) is 17.0. The van der Waals surface area contributed by atoms with Gasteiger partial charge in [0.2, 0.25) is 0 Å². The first-order chi connectivity index (χ1) is 15.5. The van der Waals surface area contributed by atoms with Crippen molar-refractivity contribution in [1.29, 1.82) is 0 Å². The number of hydrogen-bond acceptors (Lipinski definition) is 5. The van der Waals surface area contributed by atoms with E-state index in [1.54, 1.807) is 0 Å². The van der Waals surface area contributed by atoms with Gasteiger partial charge in [-0.3, -0.25) is 4.79 Å². The monoisotopic (exact) mass is 453 g/mol. The first-order valence-electron chi connectivity index (χ1n) is 11.9. The van der Waals surface area contributed by atoms with E-state index in [9.17, 15) is 4.79 Å². The molecule has 180 valence electrons. The summed E-state index contributed by atoms with van der Waals surface area (Å²) in [5, 5.41) is 0. The summed E-state index contributed by atoms with van der Waals surface area (Å²) in [7, 11) is -0.410. The second kappa shape index (κ2) is 11.8. The molecule has 1 aliphatic rings. The number of rotatable bonds is 8. The number of ether oxygens (including phenoxy) is 1. The van der Waals surface area contributed by atoms with Gasteiger partial charge < -0.3 is 18.9 Å². The molecule has 1 fully saturated rings. The molecule has 0 saturated carbocycles. The Bertz CT molecular complexity index is 842. The molecule has 1 heterocycles. The van der Waals surface area contributed by atoms with E-state index in [4.69, 9.17) is 14.0 Å². The Morgan fingerprint density at radius 2 is 1.36 bits per heavy atom. The molecule has 33 heavy (non-hydrogen) atoms. The lowest BCUT2D eigenvalue weighted by Gasteiger charge is -2.32. The van der Waals surface area contributed by atoms with E-state index in [1.807, 2.05) is 82.3 Å². The molecular formula is C27H40BNO4. The van der Waals surface area contributed by atoms with Gasteiger partial charge in [-0.05, 0) is 77.4 Å². The molecule has 1 unspecified atom stereocenters. The van der Waals surface area contributed by atoms with Crippen molar-refractivity contribution in [3.05, 3.63) is 60.2 Å². The summed E-state index contributed by atoms with van der Waals surface area (Å²) >= 11 is 0. The second-order valence-corrected chi connectivity index (χ2v) is 9.30. The van der Waals surface area contributed by atoms with E-state index < -0.39 is 13.2 Å². The van der Waals surface area contributed by atoms with Gasteiger partial charge in [-0.2, -0.15) is 0 Å². The second-order valence-electron chi connectivity index (χ2n) is 9.30. The van der Waals surface area contributed by atoms with Crippen LogP contribution in [0.15, 0.2) is 54.6 Å². The summed E-state index contributed by atoms with van der Waals surface area (Å²) in [6.45, 7) is 19.8. The summed E-state index contributed by atoms with van der Waals surface area (Å²) in [6.07, 6.45) is -0.612. The standard InChI is InChI=1S/C21H25BO4.C6H15N/c1-15(23)19(16-9-7-6-8-10-16)24-18-13-11-17(12-14-18)22-25-20(2,3)21(4,5)26-22;1-4-7(5-2)6-3/h6-14,19H,1-5H3;4-6H2,1-3H3. The van der Waals surface area contributed by atoms with Crippen LogP contribution in [0.3, 0.4) is 0 Å². The van der Waals surface area contributed by atoms with Crippen molar-refractivity contribution < 1.29 is 18.8 Å². The molecule has 3 rings (SSSR count). The van der Waals surface area contributed by atoms with E-state index in [0.717, 1.165) is 11.0 Å². The average molecular weight is 453 g/mol. The third kappa shape index (κ3) is 7.17. The molecule has 1 atom stereocenters. The highest BCUT2D eigenvalue weighted by molar-refractivity contribution is 6.62. The van der Waals surface area contributed by atoms with E-state index >= 15 is 0 Å². The topological polar surface area (TPSA) is 48.0 Å². The van der Waals surface area contributed by atoms with Gasteiger partial charge in [0.05, 0.1) is 11.2 Å². The van der Waals surface area contributed by atoms with Gasteiger partial charge in [-0.15, -0.1) is 0 Å². The molecule has 0 aromatic heterocycles. The van der Waals surface area contributed by atoms with Crippen LogP contribution in [-0.2, 0) is 14.1 Å². The van der Waals surface area contributed by atoms with Crippen LogP contribution in [0.2, 0.25) is 0 Å². The highest BCUT2D eigenvalue weighted by atomic mass is 16.7. The fourth-order valence-corrected chi connectivity index (χ4v) is 3.50. The Kier molecular flexibility index (Phi) is 9.71. The summed E-state index contributed by atoms with van der Waals surface area (Å²) < 4.78 is 18.1. The van der Waals surface area contributed by atoms with Crippen LogP contribution in [0.4, 0.5) is 0 Å². The minimum atomic E-state index is -0.612. The zero-order valence-electron chi connectivity index (χ0n) is 21.6. The van der Waals surface area contributed by atoms with Gasteiger partial charge in [0.25, 0.3) is 0 Å². The molecule has 0 amide bonds. The SMILES string of the molecule is CC(=O)C(Oc1ccc(B2OC(C)(C)C(C)(C)O2)cc1)c1ccccc1.CCN(CC)CC. The predicted octanol–water partition coefficient (Wildman–Crippen LogP) is 5.04. The number of benzene rings is 2. The molecule has 0 N–H and O–H groups in total. The van der Waals surface area contributed by atoms with Crippen LogP contribution in [0.1, 0.15) is 67.1 Å². The third-order valence-electron chi connectivity index (χ3n) is 6.47. The van der Waals surface area contributed by atoms with Gasteiger partial charge in [0, 0.05) is 0 Å². The molecular weight excluding hydrogens is 413 g/mol. The highest BCUT2D eigenvalue weighted by Crippen LogP contribution is 2.36. The van der Waals surface area contributed by atoms with Crippen molar-refractivity contribution in [3.8, 4) is 5.75 Å². The van der Waals surface area contributed by atoms with Crippen molar-refractivity contribution >= 4 is 18.4 Å². The maximum Gasteiger partial charge on any atom is 0.494 e. The summed E-state index contributed by atoms with van der Waals surface area (Å²) in [5.74, 6) is 0.598. The molecule has 0 bridgehead atoms. The van der Waals surface area contributed by atoms with E-state index in [0.29, 0.717) is 5.75 Å². The smallest absolute Gasteiger partial charge is 0.478 e. The Balaban J connectivity index is 0.000000479. The number of carbonyl (C=O) groups is 1.